The van der Waals surface area contributed by atoms with Gasteiger partial charge in [0, 0.05) is 0 Å². The predicted octanol–water partition coefficient (Wildman–Crippen LogP) is 2.68. The van der Waals surface area contributed by atoms with Gasteiger partial charge >= 0.3 is 6.18 Å². The molecule has 0 saturated heterocycles. The van der Waals surface area contributed by atoms with Crippen molar-refractivity contribution in [2.24, 2.45) is 5.92 Å². The van der Waals surface area contributed by atoms with Crippen LogP contribution in [0.2, 0.25) is 0 Å². The van der Waals surface area contributed by atoms with Gasteiger partial charge in [-0.2, -0.15) is 13.2 Å². The van der Waals surface area contributed by atoms with E-state index in [4.69, 9.17) is 10.5 Å². The van der Waals surface area contributed by atoms with Crippen LogP contribution in [0.5, 0.6) is 5.75 Å². The summed E-state index contributed by atoms with van der Waals surface area (Å²) in [6.07, 6.45) is -3.86. The molecule has 3 N–H and O–H groups in total. The Bertz CT molecular complexity index is 654. The first-order valence-electron chi connectivity index (χ1n) is 7.20. The van der Waals surface area contributed by atoms with Gasteiger partial charge < -0.3 is 10.5 Å². The molecule has 0 radical (unpaired) electrons. The molecule has 5 nitrogen and oxygen atoms in total. The number of rotatable bonds is 4. The van der Waals surface area contributed by atoms with E-state index >= 15 is 0 Å². The lowest BCUT2D eigenvalue weighted by atomic mass is 9.87. The number of hydrogen-bond acceptors (Lipinski definition) is 4. The van der Waals surface area contributed by atoms with E-state index in [1.165, 1.54) is 25.2 Å². The molecule has 1 fully saturated rings. The minimum absolute atomic E-state index is 0.00521. The second-order valence-electron chi connectivity index (χ2n) is 5.54. The molecule has 1 saturated carbocycles. The summed E-state index contributed by atoms with van der Waals surface area (Å²) in [6.45, 7) is 0. The highest BCUT2D eigenvalue weighted by atomic mass is 32.2. The molecule has 1 aliphatic carbocycles. The third kappa shape index (κ3) is 4.29. The van der Waals surface area contributed by atoms with E-state index in [-0.39, 0.29) is 35.3 Å². The molecule has 0 unspecified atom stereocenters. The zero-order valence-electron chi connectivity index (χ0n) is 12.6. The molecule has 1 aliphatic rings. The number of sulfonamides is 1. The summed E-state index contributed by atoms with van der Waals surface area (Å²) >= 11 is 0. The average Bonchev–Trinajstić information content (AvgIpc) is 2.49. The normalized spacial score (nSPS) is 22.8. The van der Waals surface area contributed by atoms with Crippen LogP contribution in [0.3, 0.4) is 0 Å². The van der Waals surface area contributed by atoms with Crippen molar-refractivity contribution < 1.29 is 26.3 Å². The smallest absolute Gasteiger partial charge is 0.391 e. The standard InChI is InChI=1S/C14H19F3N2O3S/c1-19-23(20,21)11-6-7-13(12(18)8-11)22-10-4-2-9(3-5-10)14(15,16)17/h6-10,19H,2-5,18H2,1H3. The quantitative estimate of drug-likeness (QED) is 0.817. The zero-order valence-corrected chi connectivity index (χ0v) is 13.4. The first kappa shape index (κ1) is 17.9. The Morgan fingerprint density at radius 3 is 2.30 bits per heavy atom. The first-order valence-corrected chi connectivity index (χ1v) is 8.68. The number of anilines is 1. The topological polar surface area (TPSA) is 81.4 Å². The molecule has 0 amide bonds. The van der Waals surface area contributed by atoms with Crippen molar-refractivity contribution in [2.45, 2.75) is 42.9 Å². The van der Waals surface area contributed by atoms with E-state index in [0.717, 1.165) is 0 Å². The van der Waals surface area contributed by atoms with Gasteiger partial charge in [0.25, 0.3) is 0 Å². The number of benzene rings is 1. The highest BCUT2D eigenvalue weighted by Crippen LogP contribution is 2.39. The maximum Gasteiger partial charge on any atom is 0.391 e. The summed E-state index contributed by atoms with van der Waals surface area (Å²) in [5.74, 6) is -0.988. The van der Waals surface area contributed by atoms with Gasteiger partial charge in [-0.1, -0.05) is 0 Å². The number of nitrogens with one attached hydrogen (secondary N) is 1. The van der Waals surface area contributed by atoms with Gasteiger partial charge in [-0.25, -0.2) is 13.1 Å². The molecule has 9 heteroatoms. The van der Waals surface area contributed by atoms with Crippen molar-refractivity contribution in [3.05, 3.63) is 18.2 Å². The number of alkyl halides is 3. The number of ether oxygens (including phenoxy) is 1. The van der Waals surface area contributed by atoms with E-state index in [1.807, 2.05) is 0 Å². The van der Waals surface area contributed by atoms with E-state index in [2.05, 4.69) is 4.72 Å². The van der Waals surface area contributed by atoms with Gasteiger partial charge in [0.15, 0.2) is 0 Å². The molecule has 1 aromatic rings. The van der Waals surface area contributed by atoms with Crippen molar-refractivity contribution in [3.8, 4) is 5.75 Å². The Labute approximate surface area is 133 Å². The molecular formula is C14H19F3N2O3S. The van der Waals surface area contributed by atoms with Crippen molar-refractivity contribution in [3.63, 3.8) is 0 Å². The Morgan fingerprint density at radius 1 is 1.22 bits per heavy atom. The fraction of sp³-hybridized carbons (Fsp3) is 0.571. The summed E-state index contributed by atoms with van der Waals surface area (Å²) in [6, 6.07) is 4.04. The summed E-state index contributed by atoms with van der Waals surface area (Å²) < 4.78 is 69.0. The van der Waals surface area contributed by atoms with Gasteiger partial charge in [0.05, 0.1) is 22.6 Å². The highest BCUT2D eigenvalue weighted by molar-refractivity contribution is 7.89. The molecule has 0 spiro atoms. The van der Waals surface area contributed by atoms with Crippen molar-refractivity contribution in [1.29, 1.82) is 0 Å². The van der Waals surface area contributed by atoms with Crippen LogP contribution < -0.4 is 15.2 Å². The fourth-order valence-electron chi connectivity index (χ4n) is 2.61. The lowest BCUT2D eigenvalue weighted by Crippen LogP contribution is -2.32. The molecular weight excluding hydrogens is 333 g/mol. The third-order valence-electron chi connectivity index (χ3n) is 3.99. The number of hydrogen-bond donors (Lipinski definition) is 2. The van der Waals surface area contributed by atoms with Crippen LogP contribution in [-0.2, 0) is 10.0 Å². The van der Waals surface area contributed by atoms with Gasteiger partial charge in [-0.05, 0) is 50.9 Å². The van der Waals surface area contributed by atoms with Gasteiger partial charge in [0.1, 0.15) is 5.75 Å². The Balaban J connectivity index is 2.02. The average molecular weight is 352 g/mol. The van der Waals surface area contributed by atoms with E-state index in [1.54, 1.807) is 0 Å². The van der Waals surface area contributed by atoms with Crippen LogP contribution in [0.1, 0.15) is 25.7 Å². The van der Waals surface area contributed by atoms with Gasteiger partial charge in [-0.15, -0.1) is 0 Å². The Kier molecular flexibility index (Phi) is 5.10. The maximum absolute atomic E-state index is 12.6. The molecule has 0 aliphatic heterocycles. The summed E-state index contributed by atoms with van der Waals surface area (Å²) in [4.78, 5) is 0.00521. The molecule has 0 aromatic heterocycles. The van der Waals surface area contributed by atoms with E-state index in [0.29, 0.717) is 12.8 Å². The van der Waals surface area contributed by atoms with Crippen molar-refractivity contribution in [1.82, 2.24) is 4.72 Å². The maximum atomic E-state index is 12.6. The Morgan fingerprint density at radius 2 is 1.83 bits per heavy atom. The molecule has 0 atom stereocenters. The molecule has 23 heavy (non-hydrogen) atoms. The molecule has 0 bridgehead atoms. The van der Waals surface area contributed by atoms with Crippen LogP contribution >= 0.6 is 0 Å². The first-order chi connectivity index (χ1) is 10.6. The summed E-state index contributed by atoms with van der Waals surface area (Å²) in [5, 5.41) is 0. The molecule has 0 heterocycles. The van der Waals surface area contributed by atoms with Crippen LogP contribution in [0.4, 0.5) is 18.9 Å². The number of nitrogens with two attached hydrogens (primary N) is 1. The summed E-state index contributed by atoms with van der Waals surface area (Å²) in [7, 11) is -2.32. The highest BCUT2D eigenvalue weighted by Gasteiger charge is 2.41. The second-order valence-corrected chi connectivity index (χ2v) is 7.43. The molecule has 1 aromatic carbocycles. The van der Waals surface area contributed by atoms with Gasteiger partial charge in [-0.3, -0.25) is 0 Å². The number of halogens is 3. The lowest BCUT2D eigenvalue weighted by Gasteiger charge is -2.30. The lowest BCUT2D eigenvalue weighted by molar-refractivity contribution is -0.185. The van der Waals surface area contributed by atoms with Crippen LogP contribution in [-0.4, -0.2) is 27.7 Å². The SMILES string of the molecule is CNS(=O)(=O)c1ccc(OC2CCC(C(F)(F)F)CC2)c(N)c1. The Hall–Kier alpha value is -1.48. The fourth-order valence-corrected chi connectivity index (χ4v) is 3.37. The van der Waals surface area contributed by atoms with Crippen LogP contribution in [0, 0.1) is 5.92 Å². The van der Waals surface area contributed by atoms with Gasteiger partial charge in [0.2, 0.25) is 10.0 Å². The number of nitrogen functional groups attached to an aromatic ring is 1. The van der Waals surface area contributed by atoms with Crippen molar-refractivity contribution in [2.75, 3.05) is 12.8 Å². The molecule has 130 valence electrons. The van der Waals surface area contributed by atoms with E-state index < -0.39 is 22.1 Å². The summed E-state index contributed by atoms with van der Waals surface area (Å²) in [5.41, 5.74) is 5.93. The predicted molar refractivity (Wildman–Crippen MR) is 79.5 cm³/mol. The largest absolute Gasteiger partial charge is 0.488 e. The molecule has 2 rings (SSSR count). The zero-order chi connectivity index (χ0) is 17.3. The monoisotopic (exact) mass is 352 g/mol. The van der Waals surface area contributed by atoms with Crippen molar-refractivity contribution >= 4 is 15.7 Å². The minimum Gasteiger partial charge on any atom is -0.488 e. The second kappa shape index (κ2) is 6.56. The van der Waals surface area contributed by atoms with Crippen LogP contribution in [0.25, 0.3) is 0 Å². The third-order valence-corrected chi connectivity index (χ3v) is 5.40. The minimum atomic E-state index is -4.16. The van der Waals surface area contributed by atoms with E-state index in [9.17, 15) is 21.6 Å². The van der Waals surface area contributed by atoms with Crippen LogP contribution in [0.15, 0.2) is 23.1 Å².